The van der Waals surface area contributed by atoms with E-state index in [2.05, 4.69) is 47.5 Å². The lowest BCUT2D eigenvalue weighted by Gasteiger charge is -2.35. The normalized spacial score (nSPS) is 16.2. The van der Waals surface area contributed by atoms with Crippen molar-refractivity contribution in [3.8, 4) is 5.75 Å². The van der Waals surface area contributed by atoms with E-state index in [-0.39, 0.29) is 18.1 Å². The zero-order valence-corrected chi connectivity index (χ0v) is 17.8. The first-order valence-electron chi connectivity index (χ1n) is 10.6. The third-order valence-corrected chi connectivity index (χ3v) is 5.81. The minimum Gasteiger partial charge on any atom is -0.497 e. The monoisotopic (exact) mass is 395 g/mol. The number of hydrogen-bond acceptors (Lipinski definition) is 3. The molecule has 1 N–H and O–H groups in total. The maximum Gasteiger partial charge on any atom is 0.318 e. The van der Waals surface area contributed by atoms with Gasteiger partial charge in [-0.05, 0) is 49.9 Å². The van der Waals surface area contributed by atoms with Crippen LogP contribution in [0.2, 0.25) is 0 Å². The summed E-state index contributed by atoms with van der Waals surface area (Å²) in [5.74, 6) is 0.816. The van der Waals surface area contributed by atoms with E-state index >= 15 is 0 Å². The lowest BCUT2D eigenvalue weighted by Crippen LogP contribution is -2.49. The van der Waals surface area contributed by atoms with Gasteiger partial charge in [-0.3, -0.25) is 4.90 Å². The Bertz CT molecular complexity index is 773. The molecule has 5 nitrogen and oxygen atoms in total. The van der Waals surface area contributed by atoms with Crippen molar-refractivity contribution in [2.75, 3.05) is 26.7 Å². The van der Waals surface area contributed by atoms with Crippen molar-refractivity contribution in [3.63, 3.8) is 0 Å². The van der Waals surface area contributed by atoms with E-state index in [4.69, 9.17) is 4.74 Å². The standard InChI is InChI=1S/C24H33N3O2/c1-4-27(19(2)21-11-8-12-23(17-21)29-3)24(28)25-22-13-15-26(16-14-22)18-20-9-6-5-7-10-20/h5-12,17,19,22H,4,13-16,18H2,1-3H3,(H,25,28)/t19-/m1/s1. The number of nitrogens with one attached hydrogen (secondary N) is 1. The number of carbonyl (C=O) groups is 1. The molecule has 29 heavy (non-hydrogen) atoms. The molecule has 1 aliphatic rings. The quantitative estimate of drug-likeness (QED) is 0.753. The highest BCUT2D eigenvalue weighted by Crippen LogP contribution is 2.24. The molecule has 0 radical (unpaired) electrons. The van der Waals surface area contributed by atoms with Crippen LogP contribution in [0.25, 0.3) is 0 Å². The fourth-order valence-corrected chi connectivity index (χ4v) is 4.01. The van der Waals surface area contributed by atoms with Crippen molar-refractivity contribution < 1.29 is 9.53 Å². The van der Waals surface area contributed by atoms with Crippen molar-refractivity contribution >= 4 is 6.03 Å². The highest BCUT2D eigenvalue weighted by atomic mass is 16.5. The van der Waals surface area contributed by atoms with Gasteiger partial charge in [0.25, 0.3) is 0 Å². The fourth-order valence-electron chi connectivity index (χ4n) is 4.01. The Labute approximate surface area is 174 Å². The van der Waals surface area contributed by atoms with E-state index < -0.39 is 0 Å². The van der Waals surface area contributed by atoms with Crippen LogP contribution >= 0.6 is 0 Å². The van der Waals surface area contributed by atoms with E-state index in [0.717, 1.165) is 43.8 Å². The molecule has 0 aliphatic carbocycles. The number of likely N-dealkylation sites (tertiary alicyclic amines) is 1. The number of nitrogens with zero attached hydrogens (tertiary/aromatic N) is 2. The minimum absolute atomic E-state index is 0.00623. The number of ether oxygens (including phenoxy) is 1. The molecule has 0 aromatic heterocycles. The zero-order chi connectivity index (χ0) is 20.6. The van der Waals surface area contributed by atoms with Gasteiger partial charge in [0, 0.05) is 32.2 Å². The second-order valence-corrected chi connectivity index (χ2v) is 7.72. The number of methoxy groups -OCH3 is 1. The van der Waals surface area contributed by atoms with E-state index in [1.165, 1.54) is 5.56 Å². The molecule has 1 fully saturated rings. The van der Waals surface area contributed by atoms with Crippen LogP contribution in [0.4, 0.5) is 4.79 Å². The van der Waals surface area contributed by atoms with Gasteiger partial charge in [0.1, 0.15) is 5.75 Å². The molecule has 0 bridgehead atoms. The third-order valence-electron chi connectivity index (χ3n) is 5.81. The average molecular weight is 396 g/mol. The Morgan fingerprint density at radius 1 is 1.17 bits per heavy atom. The Morgan fingerprint density at radius 3 is 2.55 bits per heavy atom. The molecular weight excluding hydrogens is 362 g/mol. The number of hydrogen-bond donors (Lipinski definition) is 1. The first-order chi connectivity index (χ1) is 14.1. The first kappa shape index (κ1) is 21.2. The van der Waals surface area contributed by atoms with Crippen molar-refractivity contribution in [1.29, 1.82) is 0 Å². The van der Waals surface area contributed by atoms with E-state index in [1.54, 1.807) is 7.11 Å². The number of rotatable bonds is 7. The van der Waals surface area contributed by atoms with Crippen LogP contribution in [0.1, 0.15) is 43.9 Å². The van der Waals surface area contributed by atoms with Crippen LogP contribution in [0.3, 0.4) is 0 Å². The maximum absolute atomic E-state index is 13.0. The van der Waals surface area contributed by atoms with Gasteiger partial charge in [-0.25, -0.2) is 4.79 Å². The predicted octanol–water partition coefficient (Wildman–Crippen LogP) is 4.45. The number of carbonyl (C=O) groups excluding carboxylic acids is 1. The van der Waals surface area contributed by atoms with Crippen LogP contribution < -0.4 is 10.1 Å². The molecule has 5 heteroatoms. The topological polar surface area (TPSA) is 44.8 Å². The van der Waals surface area contributed by atoms with Crippen LogP contribution in [0.5, 0.6) is 5.75 Å². The van der Waals surface area contributed by atoms with Crippen LogP contribution in [-0.2, 0) is 6.54 Å². The number of benzene rings is 2. The van der Waals surface area contributed by atoms with Crippen LogP contribution in [-0.4, -0.2) is 48.6 Å². The highest BCUT2D eigenvalue weighted by molar-refractivity contribution is 5.75. The number of piperidine rings is 1. The Morgan fingerprint density at radius 2 is 1.90 bits per heavy atom. The Balaban J connectivity index is 1.52. The summed E-state index contributed by atoms with van der Waals surface area (Å²) in [6, 6.07) is 18.8. The van der Waals surface area contributed by atoms with Crippen LogP contribution in [0.15, 0.2) is 54.6 Å². The van der Waals surface area contributed by atoms with Gasteiger partial charge in [-0.2, -0.15) is 0 Å². The molecule has 2 aromatic rings. The fraction of sp³-hybridized carbons (Fsp3) is 0.458. The molecule has 0 spiro atoms. The summed E-state index contributed by atoms with van der Waals surface area (Å²) in [6.45, 7) is 7.76. The van der Waals surface area contributed by atoms with Crippen LogP contribution in [0, 0.1) is 0 Å². The van der Waals surface area contributed by atoms with Gasteiger partial charge in [-0.1, -0.05) is 42.5 Å². The molecule has 1 heterocycles. The summed E-state index contributed by atoms with van der Waals surface area (Å²) in [5, 5.41) is 3.26. The van der Waals surface area contributed by atoms with Crippen molar-refractivity contribution in [2.24, 2.45) is 0 Å². The molecule has 2 amide bonds. The molecule has 0 saturated carbocycles. The molecule has 1 aliphatic heterocycles. The van der Waals surface area contributed by atoms with Gasteiger partial charge in [0.15, 0.2) is 0 Å². The zero-order valence-electron chi connectivity index (χ0n) is 17.8. The summed E-state index contributed by atoms with van der Waals surface area (Å²) >= 11 is 0. The van der Waals surface area contributed by atoms with E-state index in [0.29, 0.717) is 6.54 Å². The minimum atomic E-state index is -0.00623. The van der Waals surface area contributed by atoms with E-state index in [9.17, 15) is 4.79 Å². The lowest BCUT2D eigenvalue weighted by molar-refractivity contribution is 0.160. The molecule has 156 valence electrons. The van der Waals surface area contributed by atoms with E-state index in [1.807, 2.05) is 36.1 Å². The van der Waals surface area contributed by atoms with Crippen molar-refractivity contribution in [2.45, 2.75) is 45.3 Å². The second kappa shape index (κ2) is 10.3. The third kappa shape index (κ3) is 5.73. The summed E-state index contributed by atoms with van der Waals surface area (Å²) in [4.78, 5) is 17.3. The van der Waals surface area contributed by atoms with Gasteiger partial charge in [0.05, 0.1) is 13.2 Å². The highest BCUT2D eigenvalue weighted by Gasteiger charge is 2.25. The second-order valence-electron chi connectivity index (χ2n) is 7.72. The molecule has 1 atom stereocenters. The summed E-state index contributed by atoms with van der Waals surface area (Å²) < 4.78 is 5.33. The largest absolute Gasteiger partial charge is 0.497 e. The smallest absolute Gasteiger partial charge is 0.318 e. The Hall–Kier alpha value is -2.53. The molecule has 2 aromatic carbocycles. The SMILES string of the molecule is CCN(C(=O)NC1CCN(Cc2ccccc2)CC1)[C@H](C)c1cccc(OC)c1. The van der Waals surface area contributed by atoms with Gasteiger partial charge in [-0.15, -0.1) is 0 Å². The lowest BCUT2D eigenvalue weighted by atomic mass is 10.0. The first-order valence-corrected chi connectivity index (χ1v) is 10.6. The summed E-state index contributed by atoms with van der Waals surface area (Å²) in [6.07, 6.45) is 1.98. The van der Waals surface area contributed by atoms with Gasteiger partial charge >= 0.3 is 6.03 Å². The summed E-state index contributed by atoms with van der Waals surface area (Å²) in [5.41, 5.74) is 2.43. The number of amides is 2. The molecular formula is C24H33N3O2. The molecule has 3 rings (SSSR count). The summed E-state index contributed by atoms with van der Waals surface area (Å²) in [7, 11) is 1.66. The van der Waals surface area contributed by atoms with Gasteiger partial charge < -0.3 is 15.0 Å². The molecule has 1 saturated heterocycles. The molecule has 0 unspecified atom stereocenters. The van der Waals surface area contributed by atoms with Crippen molar-refractivity contribution in [1.82, 2.24) is 15.1 Å². The predicted molar refractivity (Wildman–Crippen MR) is 117 cm³/mol. The number of urea groups is 1. The van der Waals surface area contributed by atoms with Gasteiger partial charge in [0.2, 0.25) is 0 Å². The van der Waals surface area contributed by atoms with Crippen molar-refractivity contribution in [3.05, 3.63) is 65.7 Å². The average Bonchev–Trinajstić information content (AvgIpc) is 2.76. The maximum atomic E-state index is 13.0. The Kier molecular flexibility index (Phi) is 7.53.